The fourth-order valence-electron chi connectivity index (χ4n) is 4.35. The van der Waals surface area contributed by atoms with Gasteiger partial charge in [0, 0.05) is 71.9 Å². The third-order valence-electron chi connectivity index (χ3n) is 5.99. The zero-order valence-corrected chi connectivity index (χ0v) is 22.4. The van der Waals surface area contributed by atoms with Gasteiger partial charge in [-0.15, -0.1) is 0 Å². The number of fused-ring (bicyclic) bond motifs is 1. The number of nitrogens with zero attached hydrogens (tertiary/aromatic N) is 4. The van der Waals surface area contributed by atoms with E-state index >= 15 is 0 Å². The number of hydrogen-bond acceptors (Lipinski definition) is 8. The van der Waals surface area contributed by atoms with Crippen LogP contribution in [0.1, 0.15) is 36.2 Å². The molecule has 2 fully saturated rings. The van der Waals surface area contributed by atoms with Crippen LogP contribution in [0.4, 0.5) is 0 Å². The van der Waals surface area contributed by atoms with Crippen molar-refractivity contribution in [1.29, 1.82) is 0 Å². The lowest BCUT2D eigenvalue weighted by Crippen LogP contribution is -2.39. The molecule has 0 radical (unpaired) electrons. The Morgan fingerprint density at radius 3 is 2.17 bits per heavy atom. The average Bonchev–Trinajstić information content (AvgIpc) is 3.26. The van der Waals surface area contributed by atoms with Crippen molar-refractivity contribution in [2.45, 2.75) is 27.2 Å². The smallest absolute Gasteiger partial charge is 0.300 e. The van der Waals surface area contributed by atoms with Gasteiger partial charge < -0.3 is 25.1 Å². The van der Waals surface area contributed by atoms with Crippen molar-refractivity contribution < 1.29 is 38.1 Å². The molecule has 2 atom stereocenters. The van der Waals surface area contributed by atoms with Crippen LogP contribution in [0.5, 0.6) is 0 Å². The van der Waals surface area contributed by atoms with Crippen molar-refractivity contribution in [3.05, 3.63) is 29.6 Å². The van der Waals surface area contributed by atoms with Crippen LogP contribution in [-0.2, 0) is 19.6 Å². The molecule has 204 valence electrons. The normalized spacial score (nSPS) is 21.2. The maximum absolute atomic E-state index is 12.8. The molecule has 3 heterocycles. The lowest BCUT2D eigenvalue weighted by Gasteiger charge is -2.27. The quantitative estimate of drug-likeness (QED) is 0.443. The molecule has 0 spiro atoms. The minimum absolute atomic E-state index is 0.0278. The van der Waals surface area contributed by atoms with Gasteiger partial charge in [-0.2, -0.15) is 0 Å². The summed E-state index contributed by atoms with van der Waals surface area (Å²) in [6.07, 6.45) is 3.87. The van der Waals surface area contributed by atoms with E-state index in [2.05, 4.69) is 9.88 Å². The van der Waals surface area contributed by atoms with Gasteiger partial charge in [0.15, 0.2) is 0 Å². The van der Waals surface area contributed by atoms with E-state index in [-0.39, 0.29) is 29.6 Å². The van der Waals surface area contributed by atoms with E-state index in [1.54, 1.807) is 26.5 Å². The van der Waals surface area contributed by atoms with Crippen LogP contribution in [0, 0.1) is 18.3 Å². The first-order valence-corrected chi connectivity index (χ1v) is 13.1. The van der Waals surface area contributed by atoms with Gasteiger partial charge in [-0.3, -0.25) is 19.4 Å². The van der Waals surface area contributed by atoms with Gasteiger partial charge in [-0.25, -0.2) is 12.7 Å². The second-order valence-electron chi connectivity index (χ2n) is 9.38. The summed E-state index contributed by atoms with van der Waals surface area (Å²) >= 11 is 0. The number of pyridine rings is 1. The Kier molecular flexibility index (Phi) is 11.9. The minimum atomic E-state index is -3.19. The predicted molar refractivity (Wildman–Crippen MR) is 133 cm³/mol. The highest BCUT2D eigenvalue weighted by Crippen LogP contribution is 2.42. The summed E-state index contributed by atoms with van der Waals surface area (Å²) in [6, 6.07) is 1.84. The van der Waals surface area contributed by atoms with Crippen LogP contribution in [0.3, 0.4) is 0 Å². The molecule has 2 aliphatic heterocycles. The molecule has 1 amide bonds. The summed E-state index contributed by atoms with van der Waals surface area (Å²) in [7, 11) is -0.0904. The molecule has 1 aromatic rings. The number of aliphatic carboxylic acids is 2. The number of likely N-dealkylation sites (tertiary alicyclic amines) is 2. The Morgan fingerprint density at radius 1 is 1.11 bits per heavy atom. The number of aliphatic hydroxyl groups excluding tert-OH is 1. The summed E-state index contributed by atoms with van der Waals surface area (Å²) in [4.78, 5) is 39.0. The van der Waals surface area contributed by atoms with Crippen LogP contribution in [0.2, 0.25) is 0 Å². The van der Waals surface area contributed by atoms with Crippen LogP contribution < -0.4 is 0 Å². The highest BCUT2D eigenvalue weighted by molar-refractivity contribution is 7.89. The van der Waals surface area contributed by atoms with E-state index in [1.807, 2.05) is 17.9 Å². The summed E-state index contributed by atoms with van der Waals surface area (Å²) in [5.41, 5.74) is 1.20. The van der Waals surface area contributed by atoms with E-state index in [1.165, 1.54) is 4.31 Å². The fraction of sp³-hybridized carbons (Fsp3) is 0.652. The van der Waals surface area contributed by atoms with Crippen molar-refractivity contribution in [2.24, 2.45) is 11.3 Å². The zero-order chi connectivity index (χ0) is 27.7. The van der Waals surface area contributed by atoms with E-state index in [0.29, 0.717) is 38.2 Å². The number of carboxylic acid groups (broad SMARTS) is 2. The molecule has 0 aliphatic carbocycles. The maximum atomic E-state index is 12.8. The molecule has 2 aliphatic rings. The molecular formula is C23H38N4O8S. The third kappa shape index (κ3) is 9.45. The Balaban J connectivity index is 0.000000709. The second kappa shape index (κ2) is 13.6. The zero-order valence-electron chi connectivity index (χ0n) is 21.5. The summed E-state index contributed by atoms with van der Waals surface area (Å²) in [6.45, 7) is 7.38. The van der Waals surface area contributed by atoms with E-state index in [4.69, 9.17) is 19.8 Å². The van der Waals surface area contributed by atoms with Gasteiger partial charge in [0.1, 0.15) is 0 Å². The summed E-state index contributed by atoms with van der Waals surface area (Å²) < 4.78 is 25.1. The lowest BCUT2D eigenvalue weighted by molar-refractivity contribution is -0.135. The summed E-state index contributed by atoms with van der Waals surface area (Å²) in [5.74, 6) is -1.38. The van der Waals surface area contributed by atoms with Crippen LogP contribution in [0.25, 0.3) is 0 Å². The van der Waals surface area contributed by atoms with Crippen LogP contribution in [-0.4, -0.2) is 120 Å². The molecule has 3 N–H and O–H groups in total. The van der Waals surface area contributed by atoms with E-state index in [9.17, 15) is 18.3 Å². The first-order chi connectivity index (χ1) is 16.6. The SMILES string of the molecule is CC(=O)O.CC(=O)O.Cc1cncc(C(=O)N2CC3CN(CCCS(=O)(=O)N(C)C)CC3(CO)C2)c1. The monoisotopic (exact) mass is 530 g/mol. The lowest BCUT2D eigenvalue weighted by atomic mass is 9.82. The molecule has 0 aromatic carbocycles. The number of carboxylic acids is 2. The number of carbonyl (C=O) groups is 3. The molecule has 0 bridgehead atoms. The molecule has 3 rings (SSSR count). The molecule has 1 aromatic heterocycles. The largest absolute Gasteiger partial charge is 0.481 e. The fourth-order valence-corrected chi connectivity index (χ4v) is 5.21. The van der Waals surface area contributed by atoms with Crippen molar-refractivity contribution in [3.63, 3.8) is 0 Å². The number of sulfonamides is 1. The molecule has 36 heavy (non-hydrogen) atoms. The van der Waals surface area contributed by atoms with Gasteiger partial charge in [-0.1, -0.05) is 0 Å². The van der Waals surface area contributed by atoms with Crippen molar-refractivity contribution >= 4 is 27.9 Å². The first-order valence-electron chi connectivity index (χ1n) is 11.5. The average molecular weight is 531 g/mol. The Labute approximate surface area is 212 Å². The number of carbonyl (C=O) groups excluding carboxylic acids is 1. The van der Waals surface area contributed by atoms with E-state index in [0.717, 1.165) is 26.0 Å². The third-order valence-corrected chi connectivity index (χ3v) is 7.90. The standard InChI is InChI=1S/C19H30N4O4S.2C2H4O2/c1-15-7-16(9-20-8-15)18(25)23-11-17-10-22(12-19(17,13-23)14-24)5-4-6-28(26,27)21(2)3;2*1-2(3)4/h7-9,17,24H,4-6,10-14H2,1-3H3;2*1H3,(H,3,4). The number of amides is 1. The molecule has 2 unspecified atom stereocenters. The second-order valence-corrected chi connectivity index (χ2v) is 11.7. The molecular weight excluding hydrogens is 492 g/mol. The number of aromatic nitrogens is 1. The van der Waals surface area contributed by atoms with Gasteiger partial charge in [0.2, 0.25) is 10.0 Å². The van der Waals surface area contributed by atoms with Gasteiger partial charge in [0.25, 0.3) is 17.8 Å². The van der Waals surface area contributed by atoms with Crippen molar-refractivity contribution in [1.82, 2.24) is 19.1 Å². The highest BCUT2D eigenvalue weighted by atomic mass is 32.2. The van der Waals surface area contributed by atoms with Crippen molar-refractivity contribution in [2.75, 3.05) is 59.2 Å². The highest BCUT2D eigenvalue weighted by Gasteiger charge is 2.53. The molecule has 13 heteroatoms. The number of aliphatic hydroxyl groups is 1. The minimum Gasteiger partial charge on any atom is -0.481 e. The number of aryl methyl sites for hydroxylation is 1. The Hall–Kier alpha value is -2.61. The molecule has 0 saturated carbocycles. The van der Waals surface area contributed by atoms with E-state index < -0.39 is 22.0 Å². The van der Waals surface area contributed by atoms with Gasteiger partial charge in [0.05, 0.1) is 17.9 Å². The van der Waals surface area contributed by atoms with Gasteiger partial charge >= 0.3 is 0 Å². The van der Waals surface area contributed by atoms with Crippen LogP contribution >= 0.6 is 0 Å². The van der Waals surface area contributed by atoms with Crippen molar-refractivity contribution in [3.8, 4) is 0 Å². The molecule has 2 saturated heterocycles. The first kappa shape index (κ1) is 31.4. The summed E-state index contributed by atoms with van der Waals surface area (Å²) in [5, 5.41) is 24.9. The number of hydrogen-bond donors (Lipinski definition) is 3. The molecule has 12 nitrogen and oxygen atoms in total. The Bertz CT molecular complexity index is 997. The topological polar surface area (TPSA) is 169 Å². The van der Waals surface area contributed by atoms with Gasteiger partial charge in [-0.05, 0) is 37.4 Å². The number of rotatable bonds is 7. The maximum Gasteiger partial charge on any atom is 0.300 e. The van der Waals surface area contributed by atoms with Crippen LogP contribution in [0.15, 0.2) is 18.5 Å². The predicted octanol–water partition coefficient (Wildman–Crippen LogP) is 0.220. The Morgan fingerprint density at radius 2 is 1.69 bits per heavy atom.